The summed E-state index contributed by atoms with van der Waals surface area (Å²) in [6.07, 6.45) is 5.72. The zero-order chi connectivity index (χ0) is 17.3. The Kier molecular flexibility index (Phi) is 2.54. The summed E-state index contributed by atoms with van der Waals surface area (Å²) in [6.45, 7) is 0.832. The molecule has 0 fully saturated rings. The topological polar surface area (TPSA) is 39.5 Å². The Bertz CT molecular complexity index is 1310. The number of nitrogens with zero attached hydrogens (tertiary/aromatic N) is 5. The van der Waals surface area contributed by atoms with Gasteiger partial charge < -0.3 is 0 Å². The highest BCUT2D eigenvalue weighted by Gasteiger charge is 2.36. The second kappa shape index (κ2) is 4.79. The van der Waals surface area contributed by atoms with Gasteiger partial charge in [-0.15, -0.1) is 0 Å². The molecular formula is C21H16N5+. The zero-order valence-electron chi connectivity index (χ0n) is 14.3. The fourth-order valence-corrected chi connectivity index (χ4v) is 4.29. The lowest BCUT2D eigenvalue weighted by atomic mass is 10.2. The highest BCUT2D eigenvalue weighted by Crippen LogP contribution is 2.35. The van der Waals surface area contributed by atoms with E-state index in [-0.39, 0.29) is 0 Å². The van der Waals surface area contributed by atoms with Crippen molar-refractivity contribution in [3.8, 4) is 17.1 Å². The second-order valence-electron chi connectivity index (χ2n) is 6.72. The highest BCUT2D eigenvalue weighted by atomic mass is 15.3. The molecule has 0 saturated heterocycles. The first-order valence-electron chi connectivity index (χ1n) is 8.71. The molecule has 26 heavy (non-hydrogen) atoms. The molecule has 0 N–H and O–H groups in total. The van der Waals surface area contributed by atoms with Crippen LogP contribution in [0.15, 0.2) is 67.1 Å². The number of aryl methyl sites for hydroxylation is 1. The molecule has 5 heteroatoms. The van der Waals surface area contributed by atoms with Crippen molar-refractivity contribution >= 4 is 22.2 Å². The Balaban J connectivity index is 1.83. The summed E-state index contributed by atoms with van der Waals surface area (Å²) in [7, 11) is 2.13. The Morgan fingerprint density at radius 1 is 1.00 bits per heavy atom. The van der Waals surface area contributed by atoms with Crippen molar-refractivity contribution in [3.05, 3.63) is 72.7 Å². The summed E-state index contributed by atoms with van der Waals surface area (Å²) < 4.78 is 6.98. The van der Waals surface area contributed by atoms with Crippen LogP contribution in [0, 0.1) is 0 Å². The van der Waals surface area contributed by atoms with E-state index in [9.17, 15) is 0 Å². The minimum atomic E-state index is 0.832. The maximum Gasteiger partial charge on any atom is 0.276 e. The van der Waals surface area contributed by atoms with E-state index in [2.05, 4.69) is 68.2 Å². The summed E-state index contributed by atoms with van der Waals surface area (Å²) in [6, 6.07) is 16.8. The third-order valence-corrected chi connectivity index (χ3v) is 5.33. The number of para-hydroxylation sites is 1. The third kappa shape index (κ3) is 1.57. The van der Waals surface area contributed by atoms with Crippen LogP contribution in [-0.4, -0.2) is 19.1 Å². The van der Waals surface area contributed by atoms with Gasteiger partial charge in [0.1, 0.15) is 16.7 Å². The Morgan fingerprint density at radius 3 is 2.77 bits per heavy atom. The van der Waals surface area contributed by atoms with Crippen LogP contribution in [0.1, 0.15) is 5.56 Å². The molecule has 1 aromatic carbocycles. The number of aromatic nitrogens is 5. The minimum Gasteiger partial charge on any atom is -0.264 e. The smallest absolute Gasteiger partial charge is 0.264 e. The van der Waals surface area contributed by atoms with Crippen molar-refractivity contribution in [1.82, 2.24) is 19.1 Å². The lowest BCUT2D eigenvalue weighted by Gasteiger charge is -2.02. The van der Waals surface area contributed by atoms with E-state index in [0.717, 1.165) is 23.3 Å². The van der Waals surface area contributed by atoms with Gasteiger partial charge in [-0.25, -0.2) is 14.1 Å². The first-order valence-corrected chi connectivity index (χ1v) is 8.71. The van der Waals surface area contributed by atoms with Crippen molar-refractivity contribution < 1.29 is 4.57 Å². The lowest BCUT2D eigenvalue weighted by Crippen LogP contribution is -2.33. The van der Waals surface area contributed by atoms with Crippen molar-refractivity contribution in [1.29, 1.82) is 0 Å². The van der Waals surface area contributed by atoms with Crippen LogP contribution in [0.2, 0.25) is 0 Å². The SMILES string of the molecule is Cn1c2[n+](c3c1c1ncccc1n3-c1ccccc1)Cc1cnccc1-2. The van der Waals surface area contributed by atoms with Gasteiger partial charge in [0, 0.05) is 24.2 Å². The predicted octanol–water partition coefficient (Wildman–Crippen LogP) is 3.23. The van der Waals surface area contributed by atoms with Gasteiger partial charge in [0.2, 0.25) is 11.3 Å². The van der Waals surface area contributed by atoms with Crippen LogP contribution < -0.4 is 4.57 Å². The number of benzene rings is 1. The van der Waals surface area contributed by atoms with Crippen LogP contribution >= 0.6 is 0 Å². The number of rotatable bonds is 1. The Morgan fingerprint density at radius 2 is 1.88 bits per heavy atom. The molecule has 0 radical (unpaired) electrons. The molecular weight excluding hydrogens is 322 g/mol. The summed E-state index contributed by atoms with van der Waals surface area (Å²) in [5.41, 5.74) is 8.17. The van der Waals surface area contributed by atoms with Gasteiger partial charge >= 0.3 is 0 Å². The molecule has 1 aliphatic heterocycles. The zero-order valence-corrected chi connectivity index (χ0v) is 14.3. The van der Waals surface area contributed by atoms with Crippen molar-refractivity contribution in [3.63, 3.8) is 0 Å². The van der Waals surface area contributed by atoms with E-state index in [4.69, 9.17) is 4.98 Å². The van der Waals surface area contributed by atoms with Gasteiger partial charge in [-0.3, -0.25) is 9.55 Å². The Labute approximate surface area is 149 Å². The molecule has 6 rings (SSSR count). The number of hydrogen-bond donors (Lipinski definition) is 0. The van der Waals surface area contributed by atoms with E-state index in [1.54, 1.807) is 0 Å². The van der Waals surface area contributed by atoms with Crippen molar-refractivity contribution in [2.24, 2.45) is 7.05 Å². The highest BCUT2D eigenvalue weighted by molar-refractivity contribution is 6.03. The quantitative estimate of drug-likeness (QED) is 0.432. The number of pyridine rings is 2. The molecule has 0 bridgehead atoms. The molecule has 5 aromatic rings. The molecule has 0 unspecified atom stereocenters. The summed E-state index contributed by atoms with van der Waals surface area (Å²) >= 11 is 0. The molecule has 0 spiro atoms. The van der Waals surface area contributed by atoms with Gasteiger partial charge in [-0.05, 0) is 30.3 Å². The molecule has 0 amide bonds. The minimum absolute atomic E-state index is 0.832. The van der Waals surface area contributed by atoms with Crippen LogP contribution in [-0.2, 0) is 13.6 Å². The van der Waals surface area contributed by atoms with E-state index in [1.807, 2.05) is 24.7 Å². The molecule has 1 aliphatic rings. The molecule has 0 atom stereocenters. The summed E-state index contributed by atoms with van der Waals surface area (Å²) in [4.78, 5) is 9.03. The predicted molar refractivity (Wildman–Crippen MR) is 100 cm³/mol. The van der Waals surface area contributed by atoms with Crippen LogP contribution in [0.5, 0.6) is 0 Å². The fraction of sp³-hybridized carbons (Fsp3) is 0.0952. The van der Waals surface area contributed by atoms with Crippen LogP contribution in [0.3, 0.4) is 0 Å². The van der Waals surface area contributed by atoms with Gasteiger partial charge in [-0.2, -0.15) is 0 Å². The van der Waals surface area contributed by atoms with Crippen LogP contribution in [0.4, 0.5) is 0 Å². The van der Waals surface area contributed by atoms with Crippen LogP contribution in [0.25, 0.3) is 39.3 Å². The van der Waals surface area contributed by atoms with Crippen molar-refractivity contribution in [2.45, 2.75) is 6.54 Å². The molecule has 5 nitrogen and oxygen atoms in total. The Hall–Kier alpha value is -3.47. The number of imidazole rings is 1. The average Bonchev–Trinajstić information content (AvgIpc) is 3.31. The largest absolute Gasteiger partial charge is 0.276 e. The first kappa shape index (κ1) is 13.8. The normalized spacial score (nSPS) is 12.7. The first-order chi connectivity index (χ1) is 12.8. The van der Waals surface area contributed by atoms with E-state index in [1.165, 1.54) is 28.1 Å². The summed E-state index contributed by atoms with van der Waals surface area (Å²) in [5.74, 6) is 1.21. The van der Waals surface area contributed by atoms with Crippen molar-refractivity contribution in [2.75, 3.05) is 0 Å². The van der Waals surface area contributed by atoms with E-state index in [0.29, 0.717) is 0 Å². The maximum absolute atomic E-state index is 4.72. The molecule has 124 valence electrons. The maximum atomic E-state index is 4.72. The second-order valence-corrected chi connectivity index (χ2v) is 6.72. The standard InChI is InChI=1S/C21H16N5/c1-24-19-18-17(8-5-10-23-18)26(15-6-3-2-4-7-15)21(19)25-13-14-12-22-11-9-16(14)20(24)25/h2-12H,13H2,1H3/q+1. The summed E-state index contributed by atoms with van der Waals surface area (Å²) in [5, 5.41) is 0. The van der Waals surface area contributed by atoms with Gasteiger partial charge in [0.05, 0.1) is 19.2 Å². The van der Waals surface area contributed by atoms with Gasteiger partial charge in [0.25, 0.3) is 5.65 Å². The van der Waals surface area contributed by atoms with Gasteiger partial charge in [-0.1, -0.05) is 18.2 Å². The fourth-order valence-electron chi connectivity index (χ4n) is 4.29. The number of hydrogen-bond acceptors (Lipinski definition) is 2. The molecule has 4 aromatic heterocycles. The van der Waals surface area contributed by atoms with E-state index >= 15 is 0 Å². The lowest BCUT2D eigenvalue weighted by molar-refractivity contribution is -0.648. The average molecular weight is 338 g/mol. The molecule has 0 aliphatic carbocycles. The molecule has 5 heterocycles. The molecule has 0 saturated carbocycles. The van der Waals surface area contributed by atoms with Gasteiger partial charge in [0.15, 0.2) is 0 Å². The van der Waals surface area contributed by atoms with E-state index < -0.39 is 0 Å². The third-order valence-electron chi connectivity index (χ3n) is 5.33. The monoisotopic (exact) mass is 338 g/mol. The number of fused-ring (bicyclic) bond motifs is 7.